The largest absolute Gasteiger partial charge is 0.496 e. The van der Waals surface area contributed by atoms with E-state index in [1.807, 2.05) is 72.9 Å². The van der Waals surface area contributed by atoms with Crippen molar-refractivity contribution in [1.29, 1.82) is 0 Å². The summed E-state index contributed by atoms with van der Waals surface area (Å²) in [6.45, 7) is 0.419. The fourth-order valence-corrected chi connectivity index (χ4v) is 6.81. The summed E-state index contributed by atoms with van der Waals surface area (Å²) in [4.78, 5) is 15.9. The molecule has 0 bridgehead atoms. The summed E-state index contributed by atoms with van der Waals surface area (Å²) >= 11 is 0. The minimum absolute atomic E-state index is 0.112. The quantitative estimate of drug-likeness (QED) is 0.214. The van der Waals surface area contributed by atoms with Crippen molar-refractivity contribution in [3.8, 4) is 11.6 Å². The van der Waals surface area contributed by atoms with E-state index in [1.165, 1.54) is 0 Å². The molecular formula is C33H28N4O5. The highest BCUT2D eigenvalue weighted by Gasteiger charge is 2.37. The second-order valence-electron chi connectivity index (χ2n) is 11.0. The molecule has 7 aromatic rings. The molecule has 1 aliphatic heterocycles. The summed E-state index contributed by atoms with van der Waals surface area (Å²) in [7, 11) is 1.59. The number of fused-ring (bicyclic) bond motifs is 9. The Labute approximate surface area is 239 Å². The number of hydrogen-bond donors (Lipinski definition) is 4. The van der Waals surface area contributed by atoms with Gasteiger partial charge in [0, 0.05) is 56.3 Å². The van der Waals surface area contributed by atoms with E-state index in [2.05, 4.69) is 25.5 Å². The first kappa shape index (κ1) is 24.6. The van der Waals surface area contributed by atoms with Crippen molar-refractivity contribution in [3.05, 3.63) is 84.6 Å². The first-order valence-electron chi connectivity index (χ1n) is 13.9. The normalized spacial score (nSPS) is 16.6. The molecule has 1 amide bonds. The standard InChI is InChI=1S/C33H28N4O5/c1-41-25-13-7-2-8-19(25)14-35-32(39)42-18-33(40)16-36-23-11-5-3-9-20(23)26-22-15-34-31(38)28(22)27-21-10-4-6-12-24(21)37(17-33)30(27)29(26)36/h2-13,15,34,38,40H,14,16-18H2,1H3,(H,35,39). The van der Waals surface area contributed by atoms with Crippen molar-refractivity contribution in [2.75, 3.05) is 13.7 Å². The molecule has 0 aliphatic carbocycles. The van der Waals surface area contributed by atoms with Crippen LogP contribution in [0, 0.1) is 0 Å². The van der Waals surface area contributed by atoms with Crippen LogP contribution in [0.1, 0.15) is 5.56 Å². The fraction of sp³-hybridized carbons (Fsp3) is 0.182. The molecule has 1 unspecified atom stereocenters. The number of nitrogens with one attached hydrogen (secondary N) is 2. The molecule has 0 radical (unpaired) electrons. The summed E-state index contributed by atoms with van der Waals surface area (Å²) in [6.07, 6.45) is 1.23. The van der Waals surface area contributed by atoms with Crippen molar-refractivity contribution in [1.82, 2.24) is 19.4 Å². The van der Waals surface area contributed by atoms with Gasteiger partial charge in [0.05, 0.1) is 36.6 Å². The lowest BCUT2D eigenvalue weighted by molar-refractivity contribution is -0.0423. The lowest BCUT2D eigenvalue weighted by atomic mass is 10.0. The molecule has 4 heterocycles. The molecule has 42 heavy (non-hydrogen) atoms. The average Bonchev–Trinajstić information content (AvgIpc) is 3.62. The number of para-hydroxylation sites is 3. The number of alkyl carbamates (subject to hydrolysis) is 1. The van der Waals surface area contributed by atoms with Crippen LogP contribution in [0.25, 0.3) is 54.4 Å². The van der Waals surface area contributed by atoms with Gasteiger partial charge in [0.1, 0.15) is 18.0 Å². The van der Waals surface area contributed by atoms with E-state index < -0.39 is 11.7 Å². The van der Waals surface area contributed by atoms with Crippen LogP contribution >= 0.6 is 0 Å². The van der Waals surface area contributed by atoms with E-state index in [4.69, 9.17) is 9.47 Å². The van der Waals surface area contributed by atoms with Crippen molar-refractivity contribution in [2.24, 2.45) is 0 Å². The Hall–Kier alpha value is -5.15. The Bertz CT molecular complexity index is 2210. The van der Waals surface area contributed by atoms with Crippen LogP contribution in [0.4, 0.5) is 4.79 Å². The summed E-state index contributed by atoms with van der Waals surface area (Å²) in [5.41, 5.74) is 3.19. The monoisotopic (exact) mass is 560 g/mol. The van der Waals surface area contributed by atoms with Gasteiger partial charge in [-0.2, -0.15) is 0 Å². The van der Waals surface area contributed by atoms with E-state index in [0.29, 0.717) is 5.75 Å². The molecule has 8 rings (SSSR count). The number of ether oxygens (including phenoxy) is 2. The third-order valence-corrected chi connectivity index (χ3v) is 8.54. The van der Waals surface area contributed by atoms with Gasteiger partial charge in [0.2, 0.25) is 0 Å². The molecule has 9 heteroatoms. The Morgan fingerprint density at radius 2 is 1.50 bits per heavy atom. The zero-order valence-corrected chi connectivity index (χ0v) is 22.8. The minimum atomic E-state index is -1.43. The first-order valence-corrected chi connectivity index (χ1v) is 13.9. The van der Waals surface area contributed by atoms with Crippen LogP contribution in [0.2, 0.25) is 0 Å². The number of aliphatic hydroxyl groups is 1. The third kappa shape index (κ3) is 3.43. The number of benzene rings is 4. The predicted octanol–water partition coefficient (Wildman–Crippen LogP) is 5.77. The number of H-pyrrole nitrogens is 1. The van der Waals surface area contributed by atoms with E-state index in [-0.39, 0.29) is 32.1 Å². The van der Waals surface area contributed by atoms with Gasteiger partial charge in [-0.05, 0) is 18.2 Å². The molecule has 210 valence electrons. The molecule has 1 atom stereocenters. The van der Waals surface area contributed by atoms with Crippen molar-refractivity contribution in [2.45, 2.75) is 25.2 Å². The van der Waals surface area contributed by atoms with Gasteiger partial charge in [0.25, 0.3) is 0 Å². The summed E-state index contributed by atoms with van der Waals surface area (Å²) in [5, 5.41) is 31.6. The Morgan fingerprint density at radius 3 is 2.21 bits per heavy atom. The predicted molar refractivity (Wildman–Crippen MR) is 162 cm³/mol. The zero-order chi connectivity index (χ0) is 28.6. The van der Waals surface area contributed by atoms with E-state index in [9.17, 15) is 15.0 Å². The highest BCUT2D eigenvalue weighted by Crippen LogP contribution is 2.48. The Balaban J connectivity index is 1.26. The van der Waals surface area contributed by atoms with Gasteiger partial charge in [-0.15, -0.1) is 0 Å². The lowest BCUT2D eigenvalue weighted by Crippen LogP contribution is -2.44. The number of amides is 1. The van der Waals surface area contributed by atoms with Gasteiger partial charge in [0.15, 0.2) is 5.88 Å². The molecule has 1 aliphatic rings. The van der Waals surface area contributed by atoms with Crippen molar-refractivity contribution in [3.63, 3.8) is 0 Å². The number of carbonyl (C=O) groups is 1. The second-order valence-corrected chi connectivity index (χ2v) is 11.0. The molecule has 4 aromatic carbocycles. The summed E-state index contributed by atoms with van der Waals surface area (Å²) in [5.74, 6) is 0.786. The number of aromatic hydroxyl groups is 1. The number of nitrogens with zero attached hydrogens (tertiary/aromatic N) is 2. The number of hydrogen-bond acceptors (Lipinski definition) is 5. The van der Waals surface area contributed by atoms with Gasteiger partial charge >= 0.3 is 6.09 Å². The molecule has 0 saturated heterocycles. The van der Waals surface area contributed by atoms with Crippen molar-refractivity contribution >= 4 is 60.5 Å². The minimum Gasteiger partial charge on any atom is -0.496 e. The SMILES string of the molecule is COc1ccccc1CNC(=O)OCC1(O)Cn2c3ccccc3c3c4c[nH]c(O)c4c4c5ccccc5n(c4c32)C1. The van der Waals surface area contributed by atoms with Gasteiger partial charge in [-0.3, -0.25) is 0 Å². The molecule has 3 aromatic heterocycles. The maximum atomic E-state index is 12.8. The zero-order valence-electron chi connectivity index (χ0n) is 22.8. The Kier molecular flexibility index (Phi) is 5.23. The van der Waals surface area contributed by atoms with Crippen LogP contribution < -0.4 is 10.1 Å². The maximum Gasteiger partial charge on any atom is 0.407 e. The molecule has 0 spiro atoms. The van der Waals surface area contributed by atoms with Crippen LogP contribution in [-0.2, 0) is 24.4 Å². The molecule has 0 fully saturated rings. The highest BCUT2D eigenvalue weighted by molar-refractivity contribution is 6.36. The first-order chi connectivity index (χ1) is 20.5. The summed E-state index contributed by atoms with van der Waals surface area (Å²) < 4.78 is 15.3. The van der Waals surface area contributed by atoms with E-state index >= 15 is 0 Å². The number of methoxy groups -OCH3 is 1. The average molecular weight is 561 g/mol. The van der Waals surface area contributed by atoms with E-state index in [1.54, 1.807) is 7.11 Å². The second kappa shape index (κ2) is 8.92. The van der Waals surface area contributed by atoms with Crippen LogP contribution in [0.5, 0.6) is 11.6 Å². The fourth-order valence-electron chi connectivity index (χ4n) is 6.81. The van der Waals surface area contributed by atoms with Crippen LogP contribution in [-0.4, -0.2) is 49.7 Å². The maximum absolute atomic E-state index is 12.8. The smallest absolute Gasteiger partial charge is 0.407 e. The highest BCUT2D eigenvalue weighted by atomic mass is 16.6. The third-order valence-electron chi connectivity index (χ3n) is 8.54. The van der Waals surface area contributed by atoms with Crippen LogP contribution in [0.15, 0.2) is 79.0 Å². The number of rotatable bonds is 5. The lowest BCUT2D eigenvalue weighted by Gasteiger charge is -2.28. The van der Waals surface area contributed by atoms with Gasteiger partial charge in [-0.25, -0.2) is 4.79 Å². The number of aromatic amines is 1. The van der Waals surface area contributed by atoms with Gasteiger partial charge < -0.3 is 39.1 Å². The number of carbonyl (C=O) groups excluding carboxylic acids is 1. The molecular weight excluding hydrogens is 532 g/mol. The van der Waals surface area contributed by atoms with E-state index in [0.717, 1.165) is 59.9 Å². The number of aromatic nitrogens is 3. The Morgan fingerprint density at radius 1 is 0.881 bits per heavy atom. The van der Waals surface area contributed by atoms with Crippen LogP contribution in [0.3, 0.4) is 0 Å². The van der Waals surface area contributed by atoms with Crippen molar-refractivity contribution < 1.29 is 24.5 Å². The molecule has 4 N–H and O–H groups in total. The topological polar surface area (TPSA) is 114 Å². The molecule has 0 saturated carbocycles. The molecule has 9 nitrogen and oxygen atoms in total. The summed E-state index contributed by atoms with van der Waals surface area (Å²) in [6, 6.07) is 23.6. The van der Waals surface area contributed by atoms with Gasteiger partial charge in [-0.1, -0.05) is 54.6 Å².